The van der Waals surface area contributed by atoms with Crippen molar-refractivity contribution >= 4 is 27.5 Å². The van der Waals surface area contributed by atoms with Crippen molar-refractivity contribution in [2.24, 2.45) is 0 Å². The number of allylic oxidation sites excluding steroid dienone is 4. The van der Waals surface area contributed by atoms with Crippen molar-refractivity contribution in [3.8, 4) is 45.0 Å². The van der Waals surface area contributed by atoms with Crippen LogP contribution in [0.2, 0.25) is 0 Å². The third-order valence-electron chi connectivity index (χ3n) is 9.28. The maximum Gasteiger partial charge on any atom is 0.167 e. The summed E-state index contributed by atoms with van der Waals surface area (Å²) in [7, 11) is 0. The number of furan rings is 1. The van der Waals surface area contributed by atoms with Crippen molar-refractivity contribution in [1.29, 1.82) is 0 Å². The van der Waals surface area contributed by atoms with Crippen molar-refractivity contribution in [3.05, 3.63) is 181 Å². The van der Waals surface area contributed by atoms with Crippen LogP contribution in [0, 0.1) is 0 Å². The Morgan fingerprint density at radius 1 is 0.490 bits per heavy atom. The molecule has 0 saturated carbocycles. The molecule has 49 heavy (non-hydrogen) atoms. The van der Waals surface area contributed by atoms with Crippen molar-refractivity contribution < 1.29 is 4.42 Å². The summed E-state index contributed by atoms with van der Waals surface area (Å²) in [5.41, 5.74) is 10.5. The lowest BCUT2D eigenvalue weighted by molar-refractivity contribution is 0.669. The largest absolute Gasteiger partial charge is 0.455 e. The van der Waals surface area contributed by atoms with Gasteiger partial charge in [0, 0.05) is 22.3 Å². The Morgan fingerprint density at radius 3 is 1.88 bits per heavy atom. The normalized spacial score (nSPS) is 14.3. The number of hydrogen-bond donors (Lipinski definition) is 0. The lowest BCUT2D eigenvalue weighted by Gasteiger charge is -2.17. The van der Waals surface area contributed by atoms with Crippen molar-refractivity contribution in [2.45, 2.75) is 12.3 Å². The number of fused-ring (bicyclic) bond motifs is 3. The average molecular weight is 630 g/mol. The standard InChI is InChI=1S/C45H31N3O/c1-3-11-30(12-4-1)32-21-23-34(24-22-32)36-15-9-16-37(29-36)44-46-43(35-27-25-33(26-28-35)31-13-5-2-6-14-31)47-45(48-44)40-19-10-18-39-38-17-7-8-20-41(38)49-42(39)40/h1-27,29,35H,28H2. The van der Waals surface area contributed by atoms with Gasteiger partial charge in [-0.05, 0) is 58.0 Å². The van der Waals surface area contributed by atoms with Crippen molar-refractivity contribution in [2.75, 3.05) is 0 Å². The fourth-order valence-corrected chi connectivity index (χ4v) is 6.71. The predicted octanol–water partition coefficient (Wildman–Crippen LogP) is 11.6. The van der Waals surface area contributed by atoms with Gasteiger partial charge in [-0.3, -0.25) is 0 Å². The van der Waals surface area contributed by atoms with Gasteiger partial charge in [0.25, 0.3) is 0 Å². The van der Waals surface area contributed by atoms with E-state index in [0.717, 1.165) is 56.4 Å². The number of hydrogen-bond acceptors (Lipinski definition) is 4. The van der Waals surface area contributed by atoms with E-state index in [-0.39, 0.29) is 5.92 Å². The minimum atomic E-state index is 0.0107. The topological polar surface area (TPSA) is 51.8 Å². The molecule has 2 heterocycles. The molecule has 0 amide bonds. The highest BCUT2D eigenvalue weighted by Crippen LogP contribution is 2.37. The van der Waals surface area contributed by atoms with Crippen LogP contribution in [-0.4, -0.2) is 15.0 Å². The van der Waals surface area contributed by atoms with Crippen LogP contribution in [0.3, 0.4) is 0 Å². The summed E-state index contributed by atoms with van der Waals surface area (Å²) in [6.07, 6.45) is 7.49. The monoisotopic (exact) mass is 629 g/mol. The summed E-state index contributed by atoms with van der Waals surface area (Å²) in [5, 5.41) is 2.12. The quantitative estimate of drug-likeness (QED) is 0.184. The molecule has 1 unspecified atom stereocenters. The van der Waals surface area contributed by atoms with Gasteiger partial charge in [-0.25, -0.2) is 15.0 Å². The van der Waals surface area contributed by atoms with Crippen molar-refractivity contribution in [3.63, 3.8) is 0 Å². The number of benzene rings is 6. The third-order valence-corrected chi connectivity index (χ3v) is 9.28. The zero-order valence-corrected chi connectivity index (χ0v) is 26.7. The van der Waals surface area contributed by atoms with Gasteiger partial charge in [0.1, 0.15) is 17.0 Å². The first kappa shape index (κ1) is 28.8. The van der Waals surface area contributed by atoms with E-state index in [4.69, 9.17) is 19.4 Å². The molecule has 6 aromatic carbocycles. The van der Waals surface area contributed by atoms with E-state index in [0.29, 0.717) is 11.6 Å². The molecule has 0 aliphatic heterocycles. The molecule has 0 radical (unpaired) electrons. The fourth-order valence-electron chi connectivity index (χ4n) is 6.71. The van der Waals surface area contributed by atoms with Gasteiger partial charge in [-0.15, -0.1) is 0 Å². The second-order valence-corrected chi connectivity index (χ2v) is 12.4. The molecule has 9 rings (SSSR count). The smallest absolute Gasteiger partial charge is 0.167 e. The predicted molar refractivity (Wildman–Crippen MR) is 200 cm³/mol. The third kappa shape index (κ3) is 5.53. The van der Waals surface area contributed by atoms with Crippen LogP contribution >= 0.6 is 0 Å². The van der Waals surface area contributed by atoms with Gasteiger partial charge in [-0.1, -0.05) is 152 Å². The molecule has 1 atom stereocenters. The summed E-state index contributed by atoms with van der Waals surface area (Å²) in [6.45, 7) is 0. The molecule has 4 heteroatoms. The molecule has 4 nitrogen and oxygen atoms in total. The lowest BCUT2D eigenvalue weighted by atomic mass is 9.92. The van der Waals surface area contributed by atoms with E-state index in [9.17, 15) is 0 Å². The molecule has 0 fully saturated rings. The first-order valence-electron chi connectivity index (χ1n) is 16.6. The average Bonchev–Trinajstić information content (AvgIpc) is 3.58. The molecule has 2 aromatic heterocycles. The van der Waals surface area contributed by atoms with Crippen LogP contribution in [0.5, 0.6) is 0 Å². The van der Waals surface area contributed by atoms with Gasteiger partial charge in [-0.2, -0.15) is 0 Å². The number of aromatic nitrogens is 3. The SMILES string of the molecule is C1=CC(c2nc(-c3cccc(-c4ccc(-c5ccccc5)cc4)c3)nc(-c3cccc4c3oc3ccccc34)n2)CC=C1c1ccccc1. The maximum atomic E-state index is 6.43. The van der Waals surface area contributed by atoms with Crippen LogP contribution in [0.4, 0.5) is 0 Å². The van der Waals surface area contributed by atoms with Crippen LogP contribution in [-0.2, 0) is 0 Å². The Hall–Kier alpha value is -6.39. The lowest BCUT2D eigenvalue weighted by Crippen LogP contribution is -2.08. The van der Waals surface area contributed by atoms with E-state index in [1.807, 2.05) is 36.4 Å². The maximum absolute atomic E-state index is 6.43. The van der Waals surface area contributed by atoms with E-state index in [2.05, 4.69) is 133 Å². The molecule has 8 aromatic rings. The van der Waals surface area contributed by atoms with Gasteiger partial charge >= 0.3 is 0 Å². The molecular formula is C45H31N3O. The molecule has 0 bridgehead atoms. The van der Waals surface area contributed by atoms with Crippen LogP contribution < -0.4 is 0 Å². The number of nitrogens with zero attached hydrogens (tertiary/aromatic N) is 3. The highest BCUT2D eigenvalue weighted by atomic mass is 16.3. The Labute approximate surface area is 284 Å². The molecule has 1 aliphatic carbocycles. The van der Waals surface area contributed by atoms with Gasteiger partial charge in [0.05, 0.1) is 5.56 Å². The number of para-hydroxylation sites is 2. The Bertz CT molecular complexity index is 2510. The molecule has 0 N–H and O–H groups in total. The van der Waals surface area contributed by atoms with Gasteiger partial charge in [0.2, 0.25) is 0 Å². The summed E-state index contributed by atoms with van der Waals surface area (Å²) >= 11 is 0. The second-order valence-electron chi connectivity index (χ2n) is 12.4. The molecule has 0 spiro atoms. The van der Waals surface area contributed by atoms with E-state index >= 15 is 0 Å². The van der Waals surface area contributed by atoms with Crippen molar-refractivity contribution in [1.82, 2.24) is 15.0 Å². The highest BCUT2D eigenvalue weighted by molar-refractivity contribution is 6.09. The Morgan fingerprint density at radius 2 is 1.10 bits per heavy atom. The first-order valence-corrected chi connectivity index (χ1v) is 16.6. The van der Waals surface area contributed by atoms with Crippen LogP contribution in [0.1, 0.15) is 23.7 Å². The second kappa shape index (κ2) is 12.3. The van der Waals surface area contributed by atoms with Crippen LogP contribution in [0.15, 0.2) is 174 Å². The zero-order chi connectivity index (χ0) is 32.6. The molecule has 1 aliphatic rings. The van der Waals surface area contributed by atoms with E-state index in [1.54, 1.807) is 0 Å². The Balaban J connectivity index is 1.14. The fraction of sp³-hybridized carbons (Fsp3) is 0.0444. The summed E-state index contributed by atoms with van der Waals surface area (Å²) < 4.78 is 6.43. The summed E-state index contributed by atoms with van der Waals surface area (Å²) in [6, 6.07) is 52.5. The first-order chi connectivity index (χ1) is 24.3. The Kier molecular flexibility index (Phi) is 7.25. The summed E-state index contributed by atoms with van der Waals surface area (Å²) in [4.78, 5) is 15.4. The van der Waals surface area contributed by atoms with Gasteiger partial charge < -0.3 is 4.42 Å². The number of rotatable bonds is 6. The minimum Gasteiger partial charge on any atom is -0.455 e. The highest BCUT2D eigenvalue weighted by Gasteiger charge is 2.21. The molecule has 232 valence electrons. The zero-order valence-electron chi connectivity index (χ0n) is 26.7. The minimum absolute atomic E-state index is 0.0107. The molecule has 0 saturated heterocycles. The van der Waals surface area contributed by atoms with E-state index < -0.39 is 0 Å². The van der Waals surface area contributed by atoms with Gasteiger partial charge in [0.15, 0.2) is 11.6 Å². The molecular weight excluding hydrogens is 599 g/mol. The van der Waals surface area contributed by atoms with E-state index in [1.165, 1.54) is 22.3 Å². The summed E-state index contributed by atoms with van der Waals surface area (Å²) in [5.74, 6) is 2.00. The van der Waals surface area contributed by atoms with Crippen LogP contribution in [0.25, 0.3) is 72.5 Å².